The van der Waals surface area contributed by atoms with E-state index in [1.807, 2.05) is 22.9 Å². The largest absolute Gasteiger partial charge is 0.352 e. The number of urea groups is 1. The highest BCUT2D eigenvalue weighted by Gasteiger charge is 2.32. The Labute approximate surface area is 161 Å². The van der Waals surface area contributed by atoms with Crippen molar-refractivity contribution in [1.82, 2.24) is 20.0 Å². The van der Waals surface area contributed by atoms with Crippen molar-refractivity contribution < 1.29 is 9.59 Å². The smallest absolute Gasteiger partial charge is 0.319 e. The lowest BCUT2D eigenvalue weighted by atomic mass is 9.93. The number of carbonyl (C=O) groups is 2. The lowest BCUT2D eigenvalue weighted by Crippen LogP contribution is -2.54. The third kappa shape index (κ3) is 3.95. The Morgan fingerprint density at radius 1 is 0.963 bits per heavy atom. The topological polar surface area (TPSA) is 55.9 Å². The fourth-order valence-corrected chi connectivity index (χ4v) is 4.57. The second-order valence-corrected chi connectivity index (χ2v) is 8.15. The quantitative estimate of drug-likeness (QED) is 0.864. The first-order valence-electron chi connectivity index (χ1n) is 10.2. The Morgan fingerprint density at radius 3 is 2.30 bits per heavy atom. The summed E-state index contributed by atoms with van der Waals surface area (Å²) in [6.45, 7) is 4.08. The molecule has 3 aliphatic heterocycles. The van der Waals surface area contributed by atoms with Crippen molar-refractivity contribution in [3.63, 3.8) is 0 Å². The predicted octanol–water partition coefficient (Wildman–Crippen LogP) is 1.84. The molecule has 0 aromatic heterocycles. The van der Waals surface area contributed by atoms with Gasteiger partial charge >= 0.3 is 6.03 Å². The summed E-state index contributed by atoms with van der Waals surface area (Å²) in [5.74, 6) is 0.122. The second-order valence-electron chi connectivity index (χ2n) is 8.15. The van der Waals surface area contributed by atoms with Gasteiger partial charge in [-0.15, -0.1) is 0 Å². The Morgan fingerprint density at radius 2 is 1.59 bits per heavy atom. The van der Waals surface area contributed by atoms with Gasteiger partial charge in [0.25, 0.3) is 0 Å². The number of likely N-dealkylation sites (N-methyl/N-ethyl adjacent to an activating group) is 1. The third-order valence-electron chi connectivity index (χ3n) is 6.27. The highest BCUT2D eigenvalue weighted by Crippen LogP contribution is 2.23. The Kier molecular flexibility index (Phi) is 5.34. The van der Waals surface area contributed by atoms with E-state index in [4.69, 9.17) is 0 Å². The van der Waals surface area contributed by atoms with Gasteiger partial charge in [-0.3, -0.25) is 9.69 Å². The van der Waals surface area contributed by atoms with Crippen molar-refractivity contribution >= 4 is 11.9 Å². The van der Waals surface area contributed by atoms with Gasteiger partial charge < -0.3 is 15.1 Å². The molecule has 2 fully saturated rings. The van der Waals surface area contributed by atoms with Crippen LogP contribution < -0.4 is 5.32 Å². The minimum atomic E-state index is -0.107. The zero-order valence-corrected chi connectivity index (χ0v) is 16.2. The molecule has 0 spiro atoms. The number of likely N-dealkylation sites (tertiary alicyclic amines) is 2. The van der Waals surface area contributed by atoms with Gasteiger partial charge in [0, 0.05) is 38.8 Å². The molecular weight excluding hydrogens is 340 g/mol. The zero-order chi connectivity index (χ0) is 18.8. The van der Waals surface area contributed by atoms with Gasteiger partial charge in [0.2, 0.25) is 5.91 Å². The van der Waals surface area contributed by atoms with Crippen LogP contribution in [-0.2, 0) is 17.8 Å². The van der Waals surface area contributed by atoms with Gasteiger partial charge in [0.05, 0.1) is 6.04 Å². The summed E-state index contributed by atoms with van der Waals surface area (Å²) in [5.41, 5.74) is 2.60. The Hall–Kier alpha value is -2.08. The first-order chi connectivity index (χ1) is 13.1. The highest BCUT2D eigenvalue weighted by atomic mass is 16.2. The average molecular weight is 370 g/mol. The maximum atomic E-state index is 12.9. The number of nitrogens with one attached hydrogen (secondary N) is 1. The van der Waals surface area contributed by atoms with Crippen LogP contribution in [0.15, 0.2) is 24.3 Å². The van der Waals surface area contributed by atoms with Gasteiger partial charge in [-0.25, -0.2) is 4.79 Å². The molecule has 27 heavy (non-hydrogen) atoms. The molecule has 0 saturated carbocycles. The summed E-state index contributed by atoms with van der Waals surface area (Å²) < 4.78 is 0. The van der Waals surface area contributed by atoms with E-state index in [2.05, 4.69) is 28.4 Å². The SMILES string of the molecule is CN1Cc2ccccc2CC1C(=O)NC1CCN(C(=O)N2CCCC2)CC1. The number of carbonyl (C=O) groups excluding carboxylic acids is 2. The van der Waals surface area contributed by atoms with Crippen LogP contribution in [0.25, 0.3) is 0 Å². The van der Waals surface area contributed by atoms with Crippen LogP contribution >= 0.6 is 0 Å². The monoisotopic (exact) mass is 370 g/mol. The fourth-order valence-electron chi connectivity index (χ4n) is 4.57. The van der Waals surface area contributed by atoms with Gasteiger partial charge in [-0.05, 0) is 50.3 Å². The number of nitrogens with zero attached hydrogens (tertiary/aromatic N) is 3. The van der Waals surface area contributed by atoms with E-state index in [1.54, 1.807) is 0 Å². The molecule has 0 bridgehead atoms. The number of fused-ring (bicyclic) bond motifs is 1. The van der Waals surface area contributed by atoms with Crippen molar-refractivity contribution in [2.75, 3.05) is 33.2 Å². The van der Waals surface area contributed by atoms with Crippen LogP contribution in [0.1, 0.15) is 36.8 Å². The normalized spacial score (nSPS) is 24.0. The molecule has 3 heterocycles. The zero-order valence-electron chi connectivity index (χ0n) is 16.2. The minimum absolute atomic E-state index is 0.107. The highest BCUT2D eigenvalue weighted by molar-refractivity contribution is 5.82. The van der Waals surface area contributed by atoms with E-state index in [9.17, 15) is 9.59 Å². The summed E-state index contributed by atoms with van der Waals surface area (Å²) in [6.07, 6.45) is 4.70. The molecule has 4 rings (SSSR count). The van der Waals surface area contributed by atoms with E-state index in [-0.39, 0.29) is 24.0 Å². The van der Waals surface area contributed by atoms with Crippen molar-refractivity contribution in [2.24, 2.45) is 0 Å². The maximum absolute atomic E-state index is 12.9. The standard InChI is InChI=1S/C21H30N4O2/c1-23-15-17-7-3-2-6-16(17)14-19(23)20(26)22-18-8-12-25(13-9-18)21(27)24-10-4-5-11-24/h2-3,6-7,18-19H,4-5,8-15H2,1H3,(H,22,26). The van der Waals surface area contributed by atoms with Gasteiger partial charge in [0.1, 0.15) is 0 Å². The van der Waals surface area contributed by atoms with Crippen LogP contribution in [-0.4, -0.2) is 71.9 Å². The van der Waals surface area contributed by atoms with Crippen LogP contribution in [0.2, 0.25) is 0 Å². The van der Waals surface area contributed by atoms with Gasteiger partial charge in [0.15, 0.2) is 0 Å². The lowest BCUT2D eigenvalue weighted by Gasteiger charge is -2.37. The number of rotatable bonds is 2. The summed E-state index contributed by atoms with van der Waals surface area (Å²) in [4.78, 5) is 31.4. The molecule has 1 aromatic rings. The minimum Gasteiger partial charge on any atom is -0.352 e. The molecule has 146 valence electrons. The predicted molar refractivity (Wildman–Crippen MR) is 104 cm³/mol. The number of hydrogen-bond donors (Lipinski definition) is 1. The molecule has 1 N–H and O–H groups in total. The summed E-state index contributed by atoms with van der Waals surface area (Å²) in [5, 5.41) is 3.25. The molecule has 6 nitrogen and oxygen atoms in total. The number of piperidine rings is 1. The van der Waals surface area contributed by atoms with Crippen LogP contribution in [0.5, 0.6) is 0 Å². The second kappa shape index (κ2) is 7.89. The molecule has 1 atom stereocenters. The first kappa shape index (κ1) is 18.3. The van der Waals surface area contributed by atoms with Crippen LogP contribution in [0.3, 0.4) is 0 Å². The molecule has 6 heteroatoms. The van der Waals surface area contributed by atoms with Crippen molar-refractivity contribution in [1.29, 1.82) is 0 Å². The molecule has 3 aliphatic rings. The van der Waals surface area contributed by atoms with Gasteiger partial charge in [-0.1, -0.05) is 24.3 Å². The van der Waals surface area contributed by atoms with Crippen molar-refractivity contribution in [3.8, 4) is 0 Å². The number of hydrogen-bond acceptors (Lipinski definition) is 3. The van der Waals surface area contributed by atoms with Gasteiger partial charge in [-0.2, -0.15) is 0 Å². The first-order valence-corrected chi connectivity index (χ1v) is 10.2. The molecule has 1 aromatic carbocycles. The van der Waals surface area contributed by atoms with E-state index >= 15 is 0 Å². The lowest BCUT2D eigenvalue weighted by molar-refractivity contribution is -0.127. The Bertz CT molecular complexity index is 693. The molecule has 1 unspecified atom stereocenters. The van der Waals surface area contributed by atoms with Crippen molar-refractivity contribution in [3.05, 3.63) is 35.4 Å². The average Bonchev–Trinajstić information content (AvgIpc) is 3.22. The summed E-state index contributed by atoms with van der Waals surface area (Å²) in [6, 6.07) is 8.63. The van der Waals surface area contributed by atoms with E-state index < -0.39 is 0 Å². The third-order valence-corrected chi connectivity index (χ3v) is 6.27. The number of benzene rings is 1. The molecule has 3 amide bonds. The van der Waals surface area contributed by atoms with Crippen LogP contribution in [0.4, 0.5) is 4.79 Å². The Balaban J connectivity index is 1.29. The molecule has 0 aliphatic carbocycles. The van der Waals surface area contributed by atoms with E-state index in [1.165, 1.54) is 11.1 Å². The number of amides is 3. The van der Waals surface area contributed by atoms with E-state index in [0.29, 0.717) is 0 Å². The fraction of sp³-hybridized carbons (Fsp3) is 0.619. The molecule has 0 radical (unpaired) electrons. The summed E-state index contributed by atoms with van der Waals surface area (Å²) >= 11 is 0. The summed E-state index contributed by atoms with van der Waals surface area (Å²) in [7, 11) is 2.03. The molecule has 2 saturated heterocycles. The molecular formula is C21H30N4O2. The van der Waals surface area contributed by atoms with Crippen molar-refractivity contribution in [2.45, 2.75) is 50.7 Å². The maximum Gasteiger partial charge on any atom is 0.319 e. The van der Waals surface area contributed by atoms with Crippen LogP contribution in [0, 0.1) is 0 Å². The van der Waals surface area contributed by atoms with E-state index in [0.717, 1.165) is 64.8 Å².